The fourth-order valence-electron chi connectivity index (χ4n) is 5.10. The Morgan fingerprint density at radius 3 is 1.62 bits per heavy atom. The van der Waals surface area contributed by atoms with Crippen LogP contribution in [0.15, 0.2) is 89.7 Å². The molecule has 0 saturated carbocycles. The first kappa shape index (κ1) is 58.8. The zero-order valence-electron chi connectivity index (χ0n) is 33.3. The standard InChI is InChI=1S/C19H14Cl2F3NO3.C10H7ClF3NO3.C9H5Cl2F3.CH2O3.Na/c1-18(11-6-12(20)8-13(21)7-11)9-16(25-28-18)10-3-4-14(17(26)27-2)15(5-10)19(22,23)24;1-18-9(16)6-3-2-5(8(11)15-17)4-7(6)10(12,13)14;1-5(9(12,13)14)6-2-7(10)4-8(11)3-6;2-1-4-3;/h3-8H,9H2,1-2H3;2-4,17H,1H3;2-4H,1H2;1,3H;/q;;;;+1/p-1/b;15-8-;;;. The molecule has 0 bridgehead atoms. The number of nitrogens with zero attached hydrogens (tertiary/aromatic N) is 2. The van der Waals surface area contributed by atoms with E-state index < -0.39 is 69.1 Å². The fourth-order valence-corrected chi connectivity index (χ4v) is 6.27. The van der Waals surface area contributed by atoms with Gasteiger partial charge in [0, 0.05) is 43.2 Å². The van der Waals surface area contributed by atoms with Crippen LogP contribution in [-0.2, 0) is 41.9 Å². The first-order valence-corrected chi connectivity index (χ1v) is 18.6. The van der Waals surface area contributed by atoms with Crippen molar-refractivity contribution < 1.29 is 113 Å². The molecule has 0 spiro atoms. The van der Waals surface area contributed by atoms with Gasteiger partial charge in [-0.1, -0.05) is 87.0 Å². The zero-order valence-corrected chi connectivity index (χ0v) is 39.1. The predicted molar refractivity (Wildman–Crippen MR) is 214 cm³/mol. The molecule has 1 N–H and O–H groups in total. The van der Waals surface area contributed by atoms with Crippen LogP contribution in [0.3, 0.4) is 0 Å². The quantitative estimate of drug-likeness (QED) is 0.0280. The van der Waals surface area contributed by atoms with Gasteiger partial charge in [-0.15, -0.1) is 0 Å². The predicted octanol–water partition coefficient (Wildman–Crippen LogP) is 8.71. The second-order valence-electron chi connectivity index (χ2n) is 12.4. The van der Waals surface area contributed by atoms with Crippen LogP contribution in [0.1, 0.15) is 67.4 Å². The molecule has 1 unspecified atom stereocenters. The average molecular weight is 1040 g/mol. The van der Waals surface area contributed by atoms with Gasteiger partial charge in [-0.2, -0.15) is 39.5 Å². The topological polar surface area (TPSA) is 156 Å². The third-order valence-electron chi connectivity index (χ3n) is 8.05. The monoisotopic (exact) mass is 1040 g/mol. The Labute approximate surface area is 409 Å². The molecular weight excluding hydrogens is 1010 g/mol. The van der Waals surface area contributed by atoms with E-state index in [1.807, 2.05) is 0 Å². The minimum atomic E-state index is -4.76. The minimum absolute atomic E-state index is 0. The van der Waals surface area contributed by atoms with Crippen LogP contribution >= 0.6 is 58.0 Å². The van der Waals surface area contributed by atoms with Gasteiger partial charge in [-0.3, -0.25) is 4.79 Å². The van der Waals surface area contributed by atoms with Crippen LogP contribution in [0, 0.1) is 0 Å². The van der Waals surface area contributed by atoms with Crippen molar-refractivity contribution in [1.82, 2.24) is 0 Å². The molecule has 0 amide bonds. The molecule has 4 aromatic rings. The van der Waals surface area contributed by atoms with Crippen molar-refractivity contribution in [3.8, 4) is 0 Å². The molecule has 26 heteroatoms. The van der Waals surface area contributed by atoms with Crippen molar-refractivity contribution in [2.45, 2.75) is 37.5 Å². The molecule has 0 saturated heterocycles. The largest absolute Gasteiger partial charge is 1.00 e. The number of hydrogen-bond donors (Lipinski definition) is 1. The maximum Gasteiger partial charge on any atom is 1.00 e. The second kappa shape index (κ2) is 25.0. The summed E-state index contributed by atoms with van der Waals surface area (Å²) in [6.45, 7) is 4.49. The molecule has 4 aromatic carbocycles. The first-order chi connectivity index (χ1) is 29.6. The summed E-state index contributed by atoms with van der Waals surface area (Å²) < 4.78 is 124. The summed E-state index contributed by atoms with van der Waals surface area (Å²) in [5.41, 5.74) is -4.56. The van der Waals surface area contributed by atoms with Crippen molar-refractivity contribution in [2.24, 2.45) is 10.3 Å². The van der Waals surface area contributed by atoms with E-state index in [0.717, 1.165) is 38.5 Å². The molecule has 1 atom stereocenters. The number of carbonyl (C=O) groups excluding carboxylic acids is 3. The number of methoxy groups -OCH3 is 2. The Morgan fingerprint density at radius 1 is 0.785 bits per heavy atom. The van der Waals surface area contributed by atoms with Gasteiger partial charge < -0.3 is 29.7 Å². The maximum absolute atomic E-state index is 13.4. The number of carbonyl (C=O) groups is 3. The van der Waals surface area contributed by atoms with Crippen LogP contribution in [0.2, 0.25) is 20.1 Å². The maximum atomic E-state index is 13.4. The number of hydrogen-bond acceptors (Lipinski definition) is 11. The zero-order chi connectivity index (χ0) is 49.0. The van der Waals surface area contributed by atoms with Crippen molar-refractivity contribution in [2.75, 3.05) is 14.2 Å². The molecule has 1 aliphatic rings. The summed E-state index contributed by atoms with van der Waals surface area (Å²) in [6.07, 6.45) is -13.8. The molecule has 0 aromatic heterocycles. The van der Waals surface area contributed by atoms with Crippen molar-refractivity contribution in [1.29, 1.82) is 0 Å². The van der Waals surface area contributed by atoms with Crippen LogP contribution in [0.25, 0.3) is 5.57 Å². The fraction of sp³-hybridized carbons (Fsp3) is 0.205. The SMILES string of the molecule is C=C(c1cc(Cl)cc(Cl)c1)C(F)(F)F.COC(=O)c1ccc(/C(Cl)=N/O)cc1C(F)(F)F.COC(=O)c1ccc(C2=NOC(C)(c3cc(Cl)cc(Cl)c3)C2)cc1C(F)(F)F.O=CO[O-].[Na+]. The van der Waals surface area contributed by atoms with Gasteiger partial charge in [0.05, 0.1) is 47.8 Å². The minimum Gasteiger partial charge on any atom is -0.662 e. The van der Waals surface area contributed by atoms with Crippen molar-refractivity contribution in [3.63, 3.8) is 0 Å². The smallest absolute Gasteiger partial charge is 0.662 e. The van der Waals surface area contributed by atoms with Crippen LogP contribution in [0.4, 0.5) is 39.5 Å². The number of benzene rings is 4. The number of halogens is 14. The number of alkyl halides is 9. The van der Waals surface area contributed by atoms with Crippen LogP contribution in [-0.4, -0.2) is 54.9 Å². The van der Waals surface area contributed by atoms with E-state index in [-0.39, 0.29) is 69.2 Å². The molecule has 11 nitrogen and oxygen atoms in total. The molecule has 0 fully saturated rings. The van der Waals surface area contributed by atoms with E-state index in [2.05, 4.69) is 31.3 Å². The van der Waals surface area contributed by atoms with Gasteiger partial charge in [0.15, 0.2) is 10.8 Å². The van der Waals surface area contributed by atoms with Crippen LogP contribution < -0.4 is 34.8 Å². The summed E-state index contributed by atoms with van der Waals surface area (Å²) in [5.74, 6) is -2.19. The summed E-state index contributed by atoms with van der Waals surface area (Å²) in [6, 6.07) is 14.5. The number of esters is 2. The van der Waals surface area contributed by atoms with E-state index in [4.69, 9.17) is 78.1 Å². The Hall–Kier alpha value is -4.25. The van der Waals surface area contributed by atoms with Gasteiger partial charge in [-0.05, 0) is 73.2 Å². The van der Waals surface area contributed by atoms with E-state index in [1.165, 1.54) is 24.3 Å². The number of rotatable bonds is 7. The Kier molecular flexibility index (Phi) is 22.6. The van der Waals surface area contributed by atoms with Crippen LogP contribution in [0.5, 0.6) is 0 Å². The summed E-state index contributed by atoms with van der Waals surface area (Å²) in [5, 5.41) is 24.0. The molecule has 65 heavy (non-hydrogen) atoms. The number of allylic oxidation sites excluding steroid dienone is 1. The third kappa shape index (κ3) is 17.2. The molecule has 1 heterocycles. The van der Waals surface area contributed by atoms with E-state index in [0.29, 0.717) is 27.4 Å². The second-order valence-corrected chi connectivity index (χ2v) is 14.5. The Balaban J connectivity index is 0.000000493. The van der Waals surface area contributed by atoms with Gasteiger partial charge in [0.1, 0.15) is 0 Å². The van der Waals surface area contributed by atoms with Gasteiger partial charge in [0.2, 0.25) is 0 Å². The summed E-state index contributed by atoms with van der Waals surface area (Å²) >= 11 is 28.6. The third-order valence-corrected chi connectivity index (χ3v) is 9.21. The van der Waals surface area contributed by atoms with E-state index in [9.17, 15) is 49.1 Å². The van der Waals surface area contributed by atoms with Gasteiger partial charge in [0.25, 0.3) is 6.47 Å². The first-order valence-electron chi connectivity index (χ1n) is 16.7. The van der Waals surface area contributed by atoms with Gasteiger partial charge in [-0.25, -0.2) is 9.59 Å². The molecular formula is C39H27Cl5F9N2NaO9. The average Bonchev–Trinajstić information content (AvgIpc) is 3.64. The Bertz CT molecular complexity index is 2380. The molecule has 0 aliphatic carbocycles. The molecule has 0 radical (unpaired) electrons. The van der Waals surface area contributed by atoms with Crippen molar-refractivity contribution >= 4 is 92.9 Å². The van der Waals surface area contributed by atoms with Crippen molar-refractivity contribution in [3.05, 3.63) is 144 Å². The molecule has 1 aliphatic heterocycles. The number of ether oxygens (including phenoxy) is 2. The normalized spacial score (nSPS) is 14.5. The molecule has 346 valence electrons. The summed E-state index contributed by atoms with van der Waals surface area (Å²) in [4.78, 5) is 39.6. The summed E-state index contributed by atoms with van der Waals surface area (Å²) in [7, 11) is 1.99. The van der Waals surface area contributed by atoms with E-state index in [1.54, 1.807) is 25.1 Å². The van der Waals surface area contributed by atoms with E-state index >= 15 is 0 Å². The number of oxime groups is 2. The Morgan fingerprint density at radius 2 is 1.22 bits per heavy atom. The molecule has 5 rings (SSSR count). The van der Waals surface area contributed by atoms with Gasteiger partial charge >= 0.3 is 60.0 Å².